The normalized spacial score (nSPS) is 10.7. The molecule has 0 atom stereocenters. The summed E-state index contributed by atoms with van der Waals surface area (Å²) in [6, 6.07) is 15.2. The molecule has 0 aliphatic heterocycles. The molecule has 0 saturated heterocycles. The number of hydrogen-bond donors (Lipinski definition) is 0. The summed E-state index contributed by atoms with van der Waals surface area (Å²) >= 11 is 6.11. The molecule has 98 valence electrons. The predicted octanol–water partition coefficient (Wildman–Crippen LogP) is 4.46. The predicted molar refractivity (Wildman–Crippen MR) is 78.8 cm³/mol. The van der Waals surface area contributed by atoms with Crippen molar-refractivity contribution in [1.82, 2.24) is 4.98 Å². The van der Waals surface area contributed by atoms with E-state index in [1.165, 1.54) is 6.20 Å². The molecule has 0 saturated carbocycles. The number of nitrogens with zero attached hydrogens (tertiary/aromatic N) is 2. The monoisotopic (exact) mass is 284 g/mol. The summed E-state index contributed by atoms with van der Waals surface area (Å²) in [5.74, 6) is 0. The largest absolute Gasteiger partial charge is 0.306 e. The van der Waals surface area contributed by atoms with Crippen LogP contribution in [0.25, 0.3) is 22.0 Å². The first-order valence-electron chi connectivity index (χ1n) is 5.95. The number of hydrogen-bond acceptors (Lipinski definition) is 3. The minimum absolute atomic E-state index is 0.123. The summed E-state index contributed by atoms with van der Waals surface area (Å²) in [5.41, 5.74) is 2.38. The van der Waals surface area contributed by atoms with E-state index in [0.29, 0.717) is 10.9 Å². The number of halogens is 1. The Labute approximate surface area is 119 Å². The highest BCUT2D eigenvalue weighted by Crippen LogP contribution is 2.35. The van der Waals surface area contributed by atoms with Gasteiger partial charge in [-0.3, -0.25) is 10.1 Å². The Morgan fingerprint density at radius 2 is 1.80 bits per heavy atom. The van der Waals surface area contributed by atoms with Crippen LogP contribution in [0.1, 0.15) is 0 Å². The smallest absolute Gasteiger partial charge is 0.258 e. The molecule has 1 aromatic heterocycles. The van der Waals surface area contributed by atoms with E-state index in [-0.39, 0.29) is 10.7 Å². The maximum atomic E-state index is 10.9. The first kappa shape index (κ1) is 12.6. The van der Waals surface area contributed by atoms with Crippen molar-refractivity contribution in [3.05, 3.63) is 69.9 Å². The lowest BCUT2D eigenvalue weighted by molar-refractivity contribution is -0.384. The van der Waals surface area contributed by atoms with E-state index < -0.39 is 4.92 Å². The third kappa shape index (κ3) is 2.00. The van der Waals surface area contributed by atoms with Crippen molar-refractivity contribution in [2.45, 2.75) is 0 Å². The van der Waals surface area contributed by atoms with Gasteiger partial charge in [0.2, 0.25) is 0 Å². The van der Waals surface area contributed by atoms with E-state index in [9.17, 15) is 10.1 Å². The van der Waals surface area contributed by atoms with Crippen LogP contribution in [0, 0.1) is 10.1 Å². The van der Waals surface area contributed by atoms with Gasteiger partial charge in [-0.25, -0.2) is 4.98 Å². The van der Waals surface area contributed by atoms with Crippen molar-refractivity contribution in [2.75, 3.05) is 0 Å². The first-order valence-corrected chi connectivity index (χ1v) is 6.33. The van der Waals surface area contributed by atoms with Crippen molar-refractivity contribution < 1.29 is 4.92 Å². The van der Waals surface area contributed by atoms with Crippen LogP contribution in [-0.2, 0) is 0 Å². The van der Waals surface area contributed by atoms with E-state index in [2.05, 4.69) is 4.98 Å². The van der Waals surface area contributed by atoms with Gasteiger partial charge >= 0.3 is 5.69 Å². The summed E-state index contributed by atoms with van der Waals surface area (Å²) in [6.45, 7) is 0. The van der Waals surface area contributed by atoms with E-state index in [0.717, 1.165) is 11.1 Å². The van der Waals surface area contributed by atoms with Gasteiger partial charge in [0.05, 0.1) is 10.4 Å². The van der Waals surface area contributed by atoms with Gasteiger partial charge in [0.1, 0.15) is 11.2 Å². The summed E-state index contributed by atoms with van der Waals surface area (Å²) in [7, 11) is 0. The van der Waals surface area contributed by atoms with Gasteiger partial charge in [-0.1, -0.05) is 60.1 Å². The average molecular weight is 285 g/mol. The summed E-state index contributed by atoms with van der Waals surface area (Å²) in [5, 5.41) is 11.6. The molecule has 0 fully saturated rings. The molecule has 0 N–H and O–H groups in total. The van der Waals surface area contributed by atoms with E-state index in [4.69, 9.17) is 11.6 Å². The number of nitro groups is 1. The van der Waals surface area contributed by atoms with Crippen LogP contribution in [0.4, 0.5) is 5.69 Å². The third-order valence-corrected chi connectivity index (χ3v) is 3.49. The van der Waals surface area contributed by atoms with Crippen LogP contribution in [-0.4, -0.2) is 9.91 Å². The Hall–Kier alpha value is -2.46. The van der Waals surface area contributed by atoms with Crippen molar-refractivity contribution in [3.8, 4) is 11.1 Å². The lowest BCUT2D eigenvalue weighted by Gasteiger charge is -2.07. The quantitative estimate of drug-likeness (QED) is 0.515. The van der Waals surface area contributed by atoms with Gasteiger partial charge in [0.25, 0.3) is 0 Å². The molecule has 0 amide bonds. The molecular formula is C15H9ClN2O2. The maximum absolute atomic E-state index is 10.9. The fourth-order valence-electron chi connectivity index (χ4n) is 2.16. The zero-order valence-electron chi connectivity index (χ0n) is 10.3. The number of pyridine rings is 1. The Kier molecular flexibility index (Phi) is 3.08. The highest BCUT2D eigenvalue weighted by molar-refractivity contribution is 6.37. The second-order valence-corrected chi connectivity index (χ2v) is 4.66. The molecule has 3 aromatic rings. The molecular weight excluding hydrogens is 276 g/mol. The van der Waals surface area contributed by atoms with Crippen LogP contribution >= 0.6 is 11.6 Å². The Morgan fingerprint density at radius 3 is 2.50 bits per heavy atom. The van der Waals surface area contributed by atoms with E-state index in [1.807, 2.05) is 42.5 Å². The van der Waals surface area contributed by atoms with Crippen LogP contribution in [0.5, 0.6) is 0 Å². The van der Waals surface area contributed by atoms with E-state index in [1.54, 1.807) is 6.07 Å². The Morgan fingerprint density at radius 1 is 1.05 bits per heavy atom. The first-order chi connectivity index (χ1) is 9.68. The van der Waals surface area contributed by atoms with Gasteiger partial charge in [-0.05, 0) is 5.56 Å². The Bertz CT molecular complexity index is 804. The van der Waals surface area contributed by atoms with Crippen LogP contribution in [0.3, 0.4) is 0 Å². The number of fused-ring (bicyclic) bond motifs is 1. The molecule has 0 aliphatic carbocycles. The topological polar surface area (TPSA) is 56.0 Å². The fourth-order valence-corrected chi connectivity index (χ4v) is 2.43. The van der Waals surface area contributed by atoms with E-state index >= 15 is 0 Å². The molecule has 0 unspecified atom stereocenters. The highest BCUT2D eigenvalue weighted by atomic mass is 35.5. The zero-order valence-corrected chi connectivity index (χ0v) is 11.0. The molecule has 20 heavy (non-hydrogen) atoms. The lowest BCUT2D eigenvalue weighted by atomic mass is 10.0. The van der Waals surface area contributed by atoms with Gasteiger partial charge in [0, 0.05) is 10.9 Å². The van der Waals surface area contributed by atoms with Gasteiger partial charge < -0.3 is 0 Å². The second kappa shape index (κ2) is 4.90. The van der Waals surface area contributed by atoms with Gasteiger partial charge in [-0.15, -0.1) is 0 Å². The molecule has 0 radical (unpaired) electrons. The summed E-state index contributed by atoms with van der Waals surface area (Å²) in [4.78, 5) is 14.6. The molecule has 0 spiro atoms. The minimum Gasteiger partial charge on any atom is -0.258 e. The lowest BCUT2D eigenvalue weighted by Crippen LogP contribution is -1.93. The number of para-hydroxylation sites is 1. The second-order valence-electron chi connectivity index (χ2n) is 4.28. The average Bonchev–Trinajstić information content (AvgIpc) is 2.48. The van der Waals surface area contributed by atoms with Crippen molar-refractivity contribution in [3.63, 3.8) is 0 Å². The maximum Gasteiger partial charge on any atom is 0.306 e. The Balaban J connectivity index is 2.32. The molecule has 4 nitrogen and oxygen atoms in total. The summed E-state index contributed by atoms with van der Waals surface area (Å²) < 4.78 is 0. The number of aromatic nitrogens is 1. The molecule has 5 heteroatoms. The molecule has 0 aliphatic rings. The molecule has 2 aromatic carbocycles. The van der Waals surface area contributed by atoms with Crippen LogP contribution in [0.15, 0.2) is 54.7 Å². The van der Waals surface area contributed by atoms with Gasteiger partial charge in [0.15, 0.2) is 0 Å². The van der Waals surface area contributed by atoms with Crippen molar-refractivity contribution >= 4 is 28.2 Å². The molecule has 1 heterocycles. The van der Waals surface area contributed by atoms with Crippen LogP contribution in [0.2, 0.25) is 5.02 Å². The number of rotatable bonds is 2. The SMILES string of the molecule is O=[N+]([O-])c1cnc2c(-c3ccccc3)cccc2c1Cl. The zero-order chi connectivity index (χ0) is 14.1. The number of benzene rings is 2. The molecule has 3 rings (SSSR count). The van der Waals surface area contributed by atoms with Crippen molar-refractivity contribution in [1.29, 1.82) is 0 Å². The minimum atomic E-state index is -0.524. The third-order valence-electron chi connectivity index (χ3n) is 3.09. The highest BCUT2D eigenvalue weighted by Gasteiger charge is 2.17. The fraction of sp³-hybridized carbons (Fsp3) is 0. The van der Waals surface area contributed by atoms with Crippen LogP contribution < -0.4 is 0 Å². The van der Waals surface area contributed by atoms with Gasteiger partial charge in [-0.2, -0.15) is 0 Å². The molecule has 0 bridgehead atoms. The van der Waals surface area contributed by atoms with Crippen molar-refractivity contribution in [2.24, 2.45) is 0 Å². The standard InChI is InChI=1S/C15H9ClN2O2/c16-14-12-8-4-7-11(10-5-2-1-3-6-10)15(12)17-9-13(14)18(19)20/h1-9H. The summed E-state index contributed by atoms with van der Waals surface area (Å²) in [6.07, 6.45) is 1.21.